The minimum absolute atomic E-state index is 0. The molecule has 0 spiro atoms. The van der Waals surface area contributed by atoms with E-state index in [1.54, 1.807) is 6.07 Å². The molecule has 1 atom stereocenters. The van der Waals surface area contributed by atoms with Gasteiger partial charge in [0, 0.05) is 13.9 Å². The third-order valence-corrected chi connectivity index (χ3v) is 6.70. The van der Waals surface area contributed by atoms with E-state index < -0.39 is 33.8 Å². The summed E-state index contributed by atoms with van der Waals surface area (Å²) in [6.45, 7) is 3.03. The second-order valence-corrected chi connectivity index (χ2v) is 9.28. The maximum atomic E-state index is 15.1. The summed E-state index contributed by atoms with van der Waals surface area (Å²) in [5, 5.41) is 7.71. The number of rotatable bonds is 7. The lowest BCUT2D eigenvalue weighted by Crippen LogP contribution is -2.17. The number of pyridine rings is 2. The monoisotopic (exact) mass is 479 g/mol. The van der Waals surface area contributed by atoms with Crippen molar-refractivity contribution in [2.24, 2.45) is 0 Å². The van der Waals surface area contributed by atoms with Crippen LogP contribution in [0.5, 0.6) is 5.75 Å². The first kappa shape index (κ1) is 22.6. The Labute approximate surface area is 191 Å². The summed E-state index contributed by atoms with van der Waals surface area (Å²) in [6.07, 6.45) is 3.08. The summed E-state index contributed by atoms with van der Waals surface area (Å²) >= 11 is 0. The fourth-order valence-corrected chi connectivity index (χ4v) is 4.75. The van der Waals surface area contributed by atoms with Crippen molar-refractivity contribution < 1.29 is 25.0 Å². The van der Waals surface area contributed by atoms with E-state index in [1.165, 1.54) is 13.1 Å². The Bertz CT molecular complexity index is 1470. The average molecular weight is 480 g/mol. The van der Waals surface area contributed by atoms with E-state index in [0.29, 0.717) is 17.8 Å². The summed E-state index contributed by atoms with van der Waals surface area (Å²) in [7, 11) is -3.39. The molecule has 176 valence electrons. The van der Waals surface area contributed by atoms with E-state index in [-0.39, 0.29) is 24.7 Å². The van der Waals surface area contributed by atoms with Gasteiger partial charge in [0.25, 0.3) is 0 Å². The van der Waals surface area contributed by atoms with Crippen molar-refractivity contribution in [1.82, 2.24) is 20.2 Å². The Balaban J connectivity index is 0.00000216. The van der Waals surface area contributed by atoms with Gasteiger partial charge in [0.2, 0.25) is 0 Å². The lowest BCUT2D eigenvalue weighted by Gasteiger charge is -2.17. The smallest absolute Gasteiger partial charge is 0.181 e. The Hall–Kier alpha value is -3.60. The number of halogens is 3. The number of benzene rings is 1. The van der Waals surface area contributed by atoms with Crippen LogP contribution in [0.4, 0.5) is 18.9 Å². The number of nitrogens with zero attached hydrogens (tertiary/aromatic N) is 3. The van der Waals surface area contributed by atoms with E-state index >= 15 is 4.39 Å². The maximum absolute atomic E-state index is 15.1. The van der Waals surface area contributed by atoms with Crippen LogP contribution in [0.2, 0.25) is 0 Å². The molecule has 0 aliphatic carbocycles. The van der Waals surface area contributed by atoms with E-state index in [1.807, 2.05) is 6.92 Å². The number of fused-ring (bicyclic) bond motifs is 1. The molecule has 3 heterocycles. The van der Waals surface area contributed by atoms with Gasteiger partial charge in [-0.25, -0.2) is 22.4 Å². The van der Waals surface area contributed by atoms with E-state index in [0.717, 1.165) is 35.5 Å². The van der Waals surface area contributed by atoms with Crippen molar-refractivity contribution in [3.8, 4) is 5.75 Å². The van der Waals surface area contributed by atoms with Gasteiger partial charge in [-0.1, -0.05) is 6.92 Å². The number of H-pyrrole nitrogens is 1. The summed E-state index contributed by atoms with van der Waals surface area (Å²) in [5.74, 6) is 1.31. The van der Waals surface area contributed by atoms with Gasteiger partial charge in [-0.15, -0.1) is 0 Å². The minimum atomic E-state index is -3.39. The van der Waals surface area contributed by atoms with Gasteiger partial charge in [-0.05, 0) is 43.5 Å². The fourth-order valence-electron chi connectivity index (χ4n) is 3.30. The molecule has 0 saturated carbocycles. The molecule has 0 amide bonds. The first-order valence-electron chi connectivity index (χ1n) is 9.89. The van der Waals surface area contributed by atoms with Crippen molar-refractivity contribution >= 4 is 32.3 Å². The predicted octanol–water partition coefficient (Wildman–Crippen LogP) is 4.81. The number of hydrogen-bond acceptors (Lipinski definition) is 5. The SMILES string of the molecule is C=S(=O)(Nc1ccc(F)c(COc2cnc3n[nH]c(CC)c3c2)c1F)c1cc(F)cnc1C.[HH].[HH]. The van der Waals surface area contributed by atoms with Crippen molar-refractivity contribution in [2.75, 3.05) is 4.72 Å². The van der Waals surface area contributed by atoms with Gasteiger partial charge < -0.3 is 9.46 Å². The maximum Gasteiger partial charge on any atom is 0.181 e. The Kier molecular flexibility index (Phi) is 5.98. The first-order chi connectivity index (χ1) is 15.7. The Morgan fingerprint density at radius 1 is 1.21 bits per heavy atom. The van der Waals surface area contributed by atoms with Crippen LogP contribution < -0.4 is 9.46 Å². The van der Waals surface area contributed by atoms with Gasteiger partial charge in [-0.3, -0.25) is 10.1 Å². The van der Waals surface area contributed by atoms with Crippen LogP contribution in [0.3, 0.4) is 0 Å². The van der Waals surface area contributed by atoms with Gasteiger partial charge in [0.1, 0.15) is 24.0 Å². The van der Waals surface area contributed by atoms with E-state index in [4.69, 9.17) is 4.74 Å². The van der Waals surface area contributed by atoms with Gasteiger partial charge in [0.05, 0.1) is 43.9 Å². The molecule has 2 N–H and O–H groups in total. The van der Waals surface area contributed by atoms with Crippen LogP contribution in [-0.2, 0) is 22.7 Å². The van der Waals surface area contributed by atoms with E-state index in [9.17, 15) is 13.0 Å². The number of hydrogen-bond donors (Lipinski definition) is 2. The average Bonchev–Trinajstić information content (AvgIpc) is 3.19. The first-order valence-corrected chi connectivity index (χ1v) is 11.6. The third kappa shape index (κ3) is 4.49. The topological polar surface area (TPSA) is 92.8 Å². The van der Waals surface area contributed by atoms with Crippen LogP contribution in [-0.4, -0.2) is 30.2 Å². The molecule has 1 aromatic carbocycles. The highest BCUT2D eigenvalue weighted by Crippen LogP contribution is 2.27. The highest BCUT2D eigenvalue weighted by Gasteiger charge is 2.19. The molecule has 4 rings (SSSR count). The molecule has 0 saturated heterocycles. The highest BCUT2D eigenvalue weighted by atomic mass is 32.2. The van der Waals surface area contributed by atoms with Gasteiger partial charge >= 0.3 is 0 Å². The van der Waals surface area contributed by atoms with Crippen LogP contribution in [0, 0.1) is 24.4 Å². The zero-order chi connectivity index (χ0) is 23.8. The van der Waals surface area contributed by atoms with Crippen LogP contribution in [0.15, 0.2) is 41.6 Å². The zero-order valence-electron chi connectivity index (χ0n) is 17.8. The van der Waals surface area contributed by atoms with Crippen molar-refractivity contribution in [3.63, 3.8) is 0 Å². The number of aromatic amines is 1. The minimum Gasteiger partial charge on any atom is -0.487 e. The second kappa shape index (κ2) is 8.74. The molecule has 0 aliphatic rings. The molecule has 0 fully saturated rings. The summed E-state index contributed by atoms with van der Waals surface area (Å²) < 4.78 is 64.3. The molecule has 0 radical (unpaired) electrons. The summed E-state index contributed by atoms with van der Waals surface area (Å²) in [6, 6.07) is 4.81. The number of nitrogens with one attached hydrogen (secondary N) is 2. The van der Waals surface area contributed by atoms with E-state index in [2.05, 4.69) is 30.8 Å². The van der Waals surface area contributed by atoms with Gasteiger partial charge in [0.15, 0.2) is 11.5 Å². The number of anilines is 1. The van der Waals surface area contributed by atoms with Crippen LogP contribution in [0.25, 0.3) is 11.0 Å². The summed E-state index contributed by atoms with van der Waals surface area (Å²) in [5.41, 5.74) is 0.986. The Morgan fingerprint density at radius 3 is 2.76 bits per heavy atom. The largest absolute Gasteiger partial charge is 0.487 e. The quantitative estimate of drug-likeness (QED) is 0.371. The van der Waals surface area contributed by atoms with Crippen molar-refractivity contribution in [1.29, 1.82) is 0 Å². The molecular formula is C22H24F3N5O2S. The lowest BCUT2D eigenvalue weighted by molar-refractivity contribution is 0.292. The van der Waals surface area contributed by atoms with Crippen molar-refractivity contribution in [3.05, 3.63) is 71.1 Å². The number of aryl methyl sites for hydroxylation is 2. The molecule has 0 aliphatic heterocycles. The second-order valence-electron chi connectivity index (χ2n) is 7.29. The third-order valence-electron chi connectivity index (χ3n) is 5.02. The van der Waals surface area contributed by atoms with Crippen LogP contribution >= 0.6 is 0 Å². The zero-order valence-corrected chi connectivity index (χ0v) is 18.6. The van der Waals surface area contributed by atoms with Gasteiger partial charge in [-0.2, -0.15) is 5.10 Å². The fraction of sp³-hybridized carbons (Fsp3) is 0.182. The molecule has 11 heteroatoms. The van der Waals surface area contributed by atoms with Crippen LogP contribution in [0.1, 0.15) is 26.7 Å². The molecule has 3 aromatic heterocycles. The van der Waals surface area contributed by atoms with Crippen molar-refractivity contribution in [2.45, 2.75) is 31.8 Å². The highest BCUT2D eigenvalue weighted by molar-refractivity contribution is 8.01. The molecular weight excluding hydrogens is 455 g/mol. The lowest BCUT2D eigenvalue weighted by atomic mass is 10.2. The molecule has 1 unspecified atom stereocenters. The molecule has 4 aromatic rings. The number of aromatic nitrogens is 4. The predicted molar refractivity (Wildman–Crippen MR) is 124 cm³/mol. The summed E-state index contributed by atoms with van der Waals surface area (Å²) in [4.78, 5) is 7.97. The standard InChI is InChI=1S/C22H20F3N5O2S.2H2/c1-4-18-15-8-14(10-27-22(15)29-28-18)32-11-16-17(24)5-6-19(21(16)25)30-33(3,31)20-7-13(23)9-26-12(20)2;;/h5-10H,3-4,11H2,1-2H3,(H,30,31)(H,27,28,29);2*1H. The Morgan fingerprint density at radius 2 is 2.00 bits per heavy atom. The molecule has 7 nitrogen and oxygen atoms in total. The molecule has 33 heavy (non-hydrogen) atoms. The number of ether oxygens (including phenoxy) is 1. The molecule has 0 bridgehead atoms. The normalized spacial score (nSPS) is 13.1.